The summed E-state index contributed by atoms with van der Waals surface area (Å²) in [6.07, 6.45) is 6.83. The highest BCUT2D eigenvalue weighted by atomic mass is 32.2. The van der Waals surface area contributed by atoms with E-state index in [0.717, 1.165) is 38.5 Å². The van der Waals surface area contributed by atoms with Gasteiger partial charge in [0.15, 0.2) is 0 Å². The van der Waals surface area contributed by atoms with Gasteiger partial charge in [0.2, 0.25) is 21.6 Å². The van der Waals surface area contributed by atoms with E-state index in [1.54, 1.807) is 24.3 Å². The maximum Gasteiger partial charge on any atom is 0.335 e. The van der Waals surface area contributed by atoms with Crippen LogP contribution in [-0.2, 0) is 20.4 Å². The highest BCUT2D eigenvalue weighted by molar-refractivity contribution is 7.90. The summed E-state index contributed by atoms with van der Waals surface area (Å²) in [5.41, 5.74) is 0.664. The number of amides is 1. The molecule has 2 heterocycles. The Morgan fingerprint density at radius 1 is 1.04 bits per heavy atom. The topological polar surface area (TPSA) is 93.4 Å². The van der Waals surface area contributed by atoms with Gasteiger partial charge in [0.05, 0.1) is 5.75 Å². The van der Waals surface area contributed by atoms with Gasteiger partial charge in [-0.15, -0.1) is 5.10 Å². The maximum atomic E-state index is 12.9. The van der Waals surface area contributed by atoms with Crippen LogP contribution in [0.4, 0.5) is 0 Å². The molecule has 2 aliphatic rings. The summed E-state index contributed by atoms with van der Waals surface area (Å²) in [7, 11) is -3.72. The highest BCUT2D eigenvalue weighted by Gasteiger charge is 2.38. The van der Waals surface area contributed by atoms with Crippen molar-refractivity contribution >= 4 is 15.7 Å². The summed E-state index contributed by atoms with van der Waals surface area (Å²) in [5, 5.41) is 7.41. The van der Waals surface area contributed by atoms with Crippen LogP contribution in [0.1, 0.15) is 62.4 Å². The number of sulfone groups is 1. The van der Waals surface area contributed by atoms with Crippen LogP contribution in [0.2, 0.25) is 0 Å². The number of carbonyl (C=O) groups is 1. The van der Waals surface area contributed by atoms with Gasteiger partial charge in [-0.1, -0.05) is 54.7 Å². The number of benzene rings is 1. The van der Waals surface area contributed by atoms with E-state index in [0.29, 0.717) is 12.1 Å². The Morgan fingerprint density at radius 2 is 1.79 bits per heavy atom. The van der Waals surface area contributed by atoms with Crippen LogP contribution in [0.15, 0.2) is 40.0 Å². The second kappa shape index (κ2) is 8.03. The van der Waals surface area contributed by atoms with E-state index in [1.807, 2.05) is 11.0 Å². The van der Waals surface area contributed by atoms with Gasteiger partial charge in [-0.05, 0) is 31.2 Å². The number of hydrogen-bond acceptors (Lipinski definition) is 6. The molecule has 0 unspecified atom stereocenters. The third kappa shape index (κ3) is 3.97. The van der Waals surface area contributed by atoms with Gasteiger partial charge in [0.1, 0.15) is 6.04 Å². The molecule has 1 aliphatic heterocycles. The van der Waals surface area contributed by atoms with E-state index < -0.39 is 9.84 Å². The molecule has 0 N–H and O–H groups in total. The van der Waals surface area contributed by atoms with Gasteiger partial charge in [-0.25, -0.2) is 8.42 Å². The van der Waals surface area contributed by atoms with Gasteiger partial charge < -0.3 is 9.32 Å². The Morgan fingerprint density at radius 3 is 2.54 bits per heavy atom. The van der Waals surface area contributed by atoms with Gasteiger partial charge in [-0.3, -0.25) is 4.79 Å². The molecular weight excluding hydrogens is 378 g/mol. The molecule has 150 valence electrons. The van der Waals surface area contributed by atoms with Gasteiger partial charge in [-0.2, -0.15) is 0 Å². The van der Waals surface area contributed by atoms with E-state index in [2.05, 4.69) is 10.2 Å². The molecule has 1 aromatic carbocycles. The van der Waals surface area contributed by atoms with Crippen LogP contribution in [0, 0.1) is 5.92 Å². The van der Waals surface area contributed by atoms with Crippen LogP contribution in [-0.4, -0.2) is 36.0 Å². The molecule has 2 fully saturated rings. The standard InChI is InChI=1S/C20H25N3O4S/c24-19(16-10-5-2-6-11-16)23-13-7-12-17(23)18-21-22-20(27-18)28(25,26)14-15-8-3-1-4-9-15/h1,3-4,8-9,16-17H,2,5-7,10-14H2/t17-/m0/s1. The predicted molar refractivity (Wildman–Crippen MR) is 102 cm³/mol. The molecule has 8 heteroatoms. The average Bonchev–Trinajstić information content (AvgIpc) is 3.38. The molecule has 1 amide bonds. The van der Waals surface area contributed by atoms with Crippen molar-refractivity contribution in [2.45, 2.75) is 62.0 Å². The third-order valence-corrected chi connectivity index (χ3v) is 7.07. The van der Waals surface area contributed by atoms with Crippen molar-refractivity contribution in [1.82, 2.24) is 15.1 Å². The van der Waals surface area contributed by atoms with Gasteiger partial charge in [0, 0.05) is 12.5 Å². The van der Waals surface area contributed by atoms with Crippen molar-refractivity contribution in [2.24, 2.45) is 5.92 Å². The molecule has 1 aliphatic carbocycles. The minimum Gasteiger partial charge on any atom is -0.410 e. The van der Waals surface area contributed by atoms with Crippen LogP contribution >= 0.6 is 0 Å². The summed E-state index contributed by atoms with van der Waals surface area (Å²) < 4.78 is 30.8. The Kier molecular flexibility index (Phi) is 5.48. The van der Waals surface area contributed by atoms with E-state index in [9.17, 15) is 13.2 Å². The minimum atomic E-state index is -3.72. The van der Waals surface area contributed by atoms with Crippen molar-refractivity contribution in [3.05, 3.63) is 41.8 Å². The Balaban J connectivity index is 1.50. The fourth-order valence-electron chi connectivity index (χ4n) is 4.21. The van der Waals surface area contributed by atoms with Gasteiger partial charge in [0.25, 0.3) is 0 Å². The predicted octanol–water partition coefficient (Wildman–Crippen LogP) is 3.29. The summed E-state index contributed by atoms with van der Waals surface area (Å²) in [6, 6.07) is 8.59. The van der Waals surface area contributed by atoms with Crippen LogP contribution < -0.4 is 0 Å². The van der Waals surface area contributed by atoms with Crippen molar-refractivity contribution in [3.63, 3.8) is 0 Å². The number of carbonyl (C=O) groups excluding carboxylic acids is 1. The van der Waals surface area contributed by atoms with E-state index in [-0.39, 0.29) is 34.7 Å². The van der Waals surface area contributed by atoms with Crippen molar-refractivity contribution in [2.75, 3.05) is 6.54 Å². The van der Waals surface area contributed by atoms with Crippen LogP contribution in [0.3, 0.4) is 0 Å². The normalized spacial score (nSPS) is 21.1. The lowest BCUT2D eigenvalue weighted by Gasteiger charge is -2.29. The fourth-order valence-corrected chi connectivity index (χ4v) is 5.34. The number of likely N-dealkylation sites (tertiary alicyclic amines) is 1. The monoisotopic (exact) mass is 403 g/mol. The second-order valence-corrected chi connectivity index (χ2v) is 9.54. The SMILES string of the molecule is O=C(C1CCCCC1)N1CCC[C@H]1c1nnc(S(=O)(=O)Cc2ccccc2)o1. The number of rotatable bonds is 5. The van der Waals surface area contributed by atoms with Crippen LogP contribution in [0.5, 0.6) is 0 Å². The molecular formula is C20H25N3O4S. The van der Waals surface area contributed by atoms with Gasteiger partial charge >= 0.3 is 5.22 Å². The first-order valence-corrected chi connectivity index (χ1v) is 11.6. The zero-order valence-electron chi connectivity index (χ0n) is 15.8. The maximum absolute atomic E-state index is 12.9. The smallest absolute Gasteiger partial charge is 0.335 e. The number of nitrogens with zero attached hydrogens (tertiary/aromatic N) is 3. The molecule has 1 aromatic heterocycles. The number of aromatic nitrogens is 2. The lowest BCUT2D eigenvalue weighted by molar-refractivity contribution is -0.138. The zero-order chi connectivity index (χ0) is 19.6. The fraction of sp³-hybridized carbons (Fsp3) is 0.550. The second-order valence-electron chi connectivity index (χ2n) is 7.68. The lowest BCUT2D eigenvalue weighted by atomic mass is 9.88. The highest BCUT2D eigenvalue weighted by Crippen LogP contribution is 2.35. The molecule has 28 heavy (non-hydrogen) atoms. The first-order chi connectivity index (χ1) is 13.5. The Hall–Kier alpha value is -2.22. The summed E-state index contributed by atoms with van der Waals surface area (Å²) >= 11 is 0. The first-order valence-electron chi connectivity index (χ1n) is 9.95. The lowest BCUT2D eigenvalue weighted by Crippen LogP contribution is -2.36. The molecule has 0 radical (unpaired) electrons. The van der Waals surface area contributed by atoms with E-state index in [1.165, 1.54) is 6.42 Å². The molecule has 0 bridgehead atoms. The first kappa shape index (κ1) is 19.1. The third-order valence-electron chi connectivity index (χ3n) is 5.66. The molecule has 1 saturated carbocycles. The van der Waals surface area contributed by atoms with Crippen molar-refractivity contribution in [3.8, 4) is 0 Å². The summed E-state index contributed by atoms with van der Waals surface area (Å²) in [4.78, 5) is 14.8. The van der Waals surface area contributed by atoms with Crippen LogP contribution in [0.25, 0.3) is 0 Å². The molecule has 7 nitrogen and oxygen atoms in total. The molecule has 4 rings (SSSR count). The van der Waals surface area contributed by atoms with E-state index in [4.69, 9.17) is 4.42 Å². The molecule has 2 aromatic rings. The summed E-state index contributed by atoms with van der Waals surface area (Å²) in [6.45, 7) is 0.661. The van der Waals surface area contributed by atoms with Crippen molar-refractivity contribution < 1.29 is 17.6 Å². The Bertz CT molecular complexity index is 920. The van der Waals surface area contributed by atoms with Crippen molar-refractivity contribution in [1.29, 1.82) is 0 Å². The average molecular weight is 404 g/mol. The molecule has 1 saturated heterocycles. The Labute approximate surface area is 165 Å². The molecule has 0 spiro atoms. The number of hydrogen-bond donors (Lipinski definition) is 0. The summed E-state index contributed by atoms with van der Waals surface area (Å²) in [5.74, 6) is 0.256. The largest absolute Gasteiger partial charge is 0.410 e. The quantitative estimate of drug-likeness (QED) is 0.760. The van der Waals surface area contributed by atoms with E-state index >= 15 is 0 Å². The molecule has 1 atom stereocenters. The minimum absolute atomic E-state index is 0.0681. The zero-order valence-corrected chi connectivity index (χ0v) is 16.6.